The lowest BCUT2D eigenvalue weighted by Crippen LogP contribution is -2.36. The average molecular weight is 290 g/mol. The third-order valence-electron chi connectivity index (χ3n) is 4.79. The standard InChI is InChI=1S/C17H30N4/c1-13-7-6-8-14(2)16(13)10-18-11-17(20(3)4)15-9-19-21(5)12-15/h7,9,12,14,16-18H,6,8,10-11H2,1-5H3/t14-,16-,17+/m0/s1. The Morgan fingerprint density at radius 3 is 2.81 bits per heavy atom. The molecule has 21 heavy (non-hydrogen) atoms. The topological polar surface area (TPSA) is 33.1 Å². The van der Waals surface area contributed by atoms with E-state index in [-0.39, 0.29) is 0 Å². The van der Waals surface area contributed by atoms with Crippen molar-refractivity contribution < 1.29 is 0 Å². The van der Waals surface area contributed by atoms with E-state index in [1.807, 2.05) is 17.9 Å². The molecule has 1 aliphatic carbocycles. The zero-order valence-electron chi connectivity index (χ0n) is 14.1. The van der Waals surface area contributed by atoms with Crippen LogP contribution in [0.2, 0.25) is 0 Å². The van der Waals surface area contributed by atoms with Crippen LogP contribution in [0.4, 0.5) is 0 Å². The Hall–Kier alpha value is -1.13. The van der Waals surface area contributed by atoms with Crippen LogP contribution in [0.5, 0.6) is 0 Å². The maximum absolute atomic E-state index is 4.30. The van der Waals surface area contributed by atoms with Crippen LogP contribution in [0.15, 0.2) is 24.0 Å². The molecule has 1 aromatic heterocycles. The zero-order chi connectivity index (χ0) is 15.4. The van der Waals surface area contributed by atoms with Gasteiger partial charge in [0, 0.05) is 37.9 Å². The normalized spacial score (nSPS) is 24.2. The Morgan fingerprint density at radius 2 is 2.24 bits per heavy atom. The lowest BCUT2D eigenvalue weighted by molar-refractivity contribution is 0.274. The van der Waals surface area contributed by atoms with E-state index in [0.29, 0.717) is 12.0 Å². The predicted octanol–water partition coefficient (Wildman–Crippen LogP) is 2.60. The molecule has 0 radical (unpaired) electrons. The number of nitrogens with one attached hydrogen (secondary N) is 1. The van der Waals surface area contributed by atoms with Gasteiger partial charge >= 0.3 is 0 Å². The molecule has 0 saturated carbocycles. The molecule has 0 aromatic carbocycles. The third kappa shape index (κ3) is 4.17. The van der Waals surface area contributed by atoms with Gasteiger partial charge in [0.15, 0.2) is 0 Å². The minimum atomic E-state index is 0.377. The molecule has 0 amide bonds. The maximum Gasteiger partial charge on any atom is 0.0538 e. The third-order valence-corrected chi connectivity index (χ3v) is 4.79. The van der Waals surface area contributed by atoms with Gasteiger partial charge in [-0.05, 0) is 45.7 Å². The molecule has 2 rings (SSSR count). The SMILES string of the molecule is CC1=CCC[C@H](C)[C@H]1CNC[C@H](c1cnn(C)c1)N(C)C. The van der Waals surface area contributed by atoms with Crippen molar-refractivity contribution in [3.63, 3.8) is 0 Å². The summed E-state index contributed by atoms with van der Waals surface area (Å²) in [7, 11) is 6.24. The number of likely N-dealkylation sites (N-methyl/N-ethyl adjacent to an activating group) is 1. The summed E-state index contributed by atoms with van der Waals surface area (Å²) in [6.07, 6.45) is 9.07. The Balaban J connectivity index is 1.91. The van der Waals surface area contributed by atoms with Gasteiger partial charge in [0.2, 0.25) is 0 Å². The van der Waals surface area contributed by atoms with Gasteiger partial charge in [-0.15, -0.1) is 0 Å². The van der Waals surface area contributed by atoms with Gasteiger partial charge in [0.05, 0.1) is 6.20 Å². The fraction of sp³-hybridized carbons (Fsp3) is 0.706. The number of allylic oxidation sites excluding steroid dienone is 1. The highest BCUT2D eigenvalue weighted by molar-refractivity contribution is 5.12. The van der Waals surface area contributed by atoms with E-state index in [2.05, 4.69) is 55.5 Å². The quantitative estimate of drug-likeness (QED) is 0.818. The predicted molar refractivity (Wildman–Crippen MR) is 88.2 cm³/mol. The van der Waals surface area contributed by atoms with Gasteiger partial charge in [0.1, 0.15) is 0 Å². The first kappa shape index (κ1) is 16.2. The van der Waals surface area contributed by atoms with E-state index >= 15 is 0 Å². The second-order valence-electron chi connectivity index (χ2n) is 6.69. The van der Waals surface area contributed by atoms with Crippen LogP contribution in [0.3, 0.4) is 0 Å². The molecule has 1 aromatic rings. The second-order valence-corrected chi connectivity index (χ2v) is 6.69. The van der Waals surface area contributed by atoms with E-state index in [1.165, 1.54) is 18.4 Å². The fourth-order valence-corrected chi connectivity index (χ4v) is 3.32. The van der Waals surface area contributed by atoms with Crippen molar-refractivity contribution in [3.05, 3.63) is 29.6 Å². The second kappa shape index (κ2) is 7.23. The monoisotopic (exact) mass is 290 g/mol. The largest absolute Gasteiger partial charge is 0.314 e. The summed E-state index contributed by atoms with van der Waals surface area (Å²) >= 11 is 0. The van der Waals surface area contributed by atoms with Crippen molar-refractivity contribution in [1.82, 2.24) is 20.0 Å². The van der Waals surface area contributed by atoms with Crippen LogP contribution in [0, 0.1) is 11.8 Å². The molecule has 3 atom stereocenters. The summed E-state index contributed by atoms with van der Waals surface area (Å²) in [4.78, 5) is 2.26. The van der Waals surface area contributed by atoms with Crippen molar-refractivity contribution in [3.8, 4) is 0 Å². The number of aromatic nitrogens is 2. The van der Waals surface area contributed by atoms with Crippen molar-refractivity contribution >= 4 is 0 Å². The van der Waals surface area contributed by atoms with E-state index in [4.69, 9.17) is 0 Å². The molecular formula is C17H30N4. The van der Waals surface area contributed by atoms with Crippen LogP contribution >= 0.6 is 0 Å². The highest BCUT2D eigenvalue weighted by Gasteiger charge is 2.22. The molecule has 0 unspecified atom stereocenters. The average Bonchev–Trinajstić information content (AvgIpc) is 2.83. The van der Waals surface area contributed by atoms with E-state index in [0.717, 1.165) is 19.0 Å². The maximum atomic E-state index is 4.30. The molecule has 4 heteroatoms. The number of hydrogen-bond donors (Lipinski definition) is 1. The molecule has 0 spiro atoms. The smallest absolute Gasteiger partial charge is 0.0538 e. The van der Waals surface area contributed by atoms with Gasteiger partial charge in [-0.1, -0.05) is 18.6 Å². The van der Waals surface area contributed by atoms with Crippen LogP contribution in [-0.2, 0) is 7.05 Å². The Bertz CT molecular complexity index is 475. The summed E-state index contributed by atoms with van der Waals surface area (Å²) in [5, 5.41) is 7.98. The summed E-state index contributed by atoms with van der Waals surface area (Å²) in [5.41, 5.74) is 2.84. The molecule has 1 heterocycles. The van der Waals surface area contributed by atoms with Crippen molar-refractivity contribution in [2.45, 2.75) is 32.7 Å². The zero-order valence-corrected chi connectivity index (χ0v) is 14.1. The lowest BCUT2D eigenvalue weighted by atomic mass is 9.80. The van der Waals surface area contributed by atoms with Crippen LogP contribution < -0.4 is 5.32 Å². The fourth-order valence-electron chi connectivity index (χ4n) is 3.32. The van der Waals surface area contributed by atoms with Gasteiger partial charge in [-0.2, -0.15) is 5.10 Å². The highest BCUT2D eigenvalue weighted by atomic mass is 15.2. The minimum absolute atomic E-state index is 0.377. The van der Waals surface area contributed by atoms with E-state index < -0.39 is 0 Å². The molecular weight excluding hydrogens is 260 g/mol. The first-order valence-electron chi connectivity index (χ1n) is 8.01. The molecule has 1 aliphatic rings. The van der Waals surface area contributed by atoms with Gasteiger partial charge in [-0.25, -0.2) is 0 Å². The number of nitrogens with zero attached hydrogens (tertiary/aromatic N) is 3. The Morgan fingerprint density at radius 1 is 1.48 bits per heavy atom. The summed E-state index contributed by atoms with van der Waals surface area (Å²) in [6, 6.07) is 0.377. The van der Waals surface area contributed by atoms with Gasteiger partial charge in [-0.3, -0.25) is 4.68 Å². The first-order chi connectivity index (χ1) is 9.99. The van der Waals surface area contributed by atoms with Crippen molar-refractivity contribution in [1.29, 1.82) is 0 Å². The molecule has 0 saturated heterocycles. The van der Waals surface area contributed by atoms with Gasteiger partial charge < -0.3 is 10.2 Å². The van der Waals surface area contributed by atoms with E-state index in [9.17, 15) is 0 Å². The molecule has 1 N–H and O–H groups in total. The lowest BCUT2D eigenvalue weighted by Gasteiger charge is -2.30. The van der Waals surface area contributed by atoms with Crippen LogP contribution in [-0.4, -0.2) is 41.9 Å². The molecule has 0 fully saturated rings. The van der Waals surface area contributed by atoms with E-state index in [1.54, 1.807) is 5.57 Å². The molecule has 0 aliphatic heterocycles. The molecule has 4 nitrogen and oxygen atoms in total. The van der Waals surface area contributed by atoms with Crippen LogP contribution in [0.25, 0.3) is 0 Å². The summed E-state index contributed by atoms with van der Waals surface area (Å²) in [6.45, 7) is 6.71. The Labute approximate surface area is 129 Å². The highest BCUT2D eigenvalue weighted by Crippen LogP contribution is 2.29. The van der Waals surface area contributed by atoms with Crippen molar-refractivity contribution in [2.75, 3.05) is 27.2 Å². The van der Waals surface area contributed by atoms with Gasteiger partial charge in [0.25, 0.3) is 0 Å². The first-order valence-corrected chi connectivity index (χ1v) is 8.01. The summed E-state index contributed by atoms with van der Waals surface area (Å²) < 4.78 is 1.88. The number of hydrogen-bond acceptors (Lipinski definition) is 3. The molecule has 118 valence electrons. The minimum Gasteiger partial charge on any atom is -0.314 e. The Kier molecular flexibility index (Phi) is 5.59. The summed E-state index contributed by atoms with van der Waals surface area (Å²) in [5.74, 6) is 1.48. The molecule has 0 bridgehead atoms. The van der Waals surface area contributed by atoms with Crippen molar-refractivity contribution in [2.24, 2.45) is 18.9 Å². The number of aryl methyl sites for hydroxylation is 1. The van der Waals surface area contributed by atoms with Crippen LogP contribution in [0.1, 0.15) is 38.3 Å². The number of rotatable bonds is 6.